The highest BCUT2D eigenvalue weighted by Gasteiger charge is 2.57. The van der Waals surface area contributed by atoms with Gasteiger partial charge in [0.2, 0.25) is 24.8 Å². The molecule has 306 valence electrons. The van der Waals surface area contributed by atoms with Gasteiger partial charge < -0.3 is 56.8 Å². The molecule has 0 aromatic heterocycles. The third-order valence-corrected chi connectivity index (χ3v) is 7.45. The van der Waals surface area contributed by atoms with E-state index in [9.17, 15) is 43.2 Å². The normalized spacial score (nSPS) is 27.0. The summed E-state index contributed by atoms with van der Waals surface area (Å²) in [5, 5.41) is 0. The fourth-order valence-corrected chi connectivity index (χ4v) is 5.46. The van der Waals surface area contributed by atoms with E-state index < -0.39 is 115 Å². The molecule has 0 N–H and O–H groups in total. The van der Waals surface area contributed by atoms with E-state index in [0.717, 1.165) is 61.8 Å². The van der Waals surface area contributed by atoms with E-state index in [1.165, 1.54) is 30.3 Å². The fourth-order valence-electron chi connectivity index (χ4n) is 5.46. The van der Waals surface area contributed by atoms with Crippen molar-refractivity contribution in [1.29, 1.82) is 0 Å². The molecular formula is C35H40O21. The number of hydrogen-bond acceptors (Lipinski definition) is 21. The summed E-state index contributed by atoms with van der Waals surface area (Å²) >= 11 is 0. The number of benzene rings is 1. The van der Waals surface area contributed by atoms with Crippen molar-refractivity contribution in [2.75, 3.05) is 14.2 Å². The van der Waals surface area contributed by atoms with Gasteiger partial charge in [-0.05, 0) is 23.8 Å². The van der Waals surface area contributed by atoms with E-state index in [2.05, 4.69) is 0 Å². The zero-order valence-corrected chi connectivity index (χ0v) is 31.3. The lowest BCUT2D eigenvalue weighted by Crippen LogP contribution is -2.64. The molecule has 21 nitrogen and oxygen atoms in total. The molecule has 0 saturated carbocycles. The third kappa shape index (κ3) is 12.2. The van der Waals surface area contributed by atoms with Gasteiger partial charge in [0.15, 0.2) is 36.6 Å². The van der Waals surface area contributed by atoms with Crippen molar-refractivity contribution < 1.29 is 100.0 Å². The number of esters is 9. The fraction of sp³-hybridized carbons (Fsp3) is 0.514. The summed E-state index contributed by atoms with van der Waals surface area (Å²) in [6.07, 6.45) is -14.6. The minimum absolute atomic E-state index is 0.0514. The molecule has 0 bridgehead atoms. The lowest BCUT2D eigenvalue weighted by atomic mass is 9.97. The average molecular weight is 797 g/mol. The lowest BCUT2D eigenvalue weighted by molar-refractivity contribution is -0.293. The summed E-state index contributed by atoms with van der Waals surface area (Å²) in [5.74, 6) is -8.57. The topological polar surface area (TPSA) is 264 Å². The van der Waals surface area contributed by atoms with Crippen LogP contribution in [0.4, 0.5) is 0 Å². The van der Waals surface area contributed by atoms with Crippen LogP contribution < -0.4 is 4.74 Å². The molecule has 10 atom stereocenters. The molecule has 0 unspecified atom stereocenters. The van der Waals surface area contributed by atoms with E-state index in [-0.39, 0.29) is 5.75 Å². The number of methoxy groups -OCH3 is 2. The van der Waals surface area contributed by atoms with E-state index in [0.29, 0.717) is 5.56 Å². The Kier molecular flexibility index (Phi) is 15.8. The van der Waals surface area contributed by atoms with Gasteiger partial charge >= 0.3 is 53.7 Å². The summed E-state index contributed by atoms with van der Waals surface area (Å²) in [6.45, 7) is 6.12. The molecule has 2 saturated heterocycles. The summed E-state index contributed by atoms with van der Waals surface area (Å²) < 4.78 is 63.5. The number of hydrogen-bond donors (Lipinski definition) is 0. The van der Waals surface area contributed by atoms with Gasteiger partial charge in [-0.3, -0.25) is 28.8 Å². The maximum absolute atomic E-state index is 13.0. The van der Waals surface area contributed by atoms with Crippen LogP contribution in [0.1, 0.15) is 47.1 Å². The van der Waals surface area contributed by atoms with Gasteiger partial charge in [-0.15, -0.1) is 0 Å². The third-order valence-electron chi connectivity index (χ3n) is 7.45. The quantitative estimate of drug-likeness (QED) is 0.144. The highest BCUT2D eigenvalue weighted by Crippen LogP contribution is 2.33. The minimum atomic E-state index is -1.88. The summed E-state index contributed by atoms with van der Waals surface area (Å²) in [5.41, 5.74) is 0.358. The van der Waals surface area contributed by atoms with Crippen LogP contribution in [0.5, 0.6) is 5.75 Å². The van der Waals surface area contributed by atoms with Crippen LogP contribution in [0.15, 0.2) is 30.3 Å². The number of carbonyl (C=O) groups is 9. The van der Waals surface area contributed by atoms with Gasteiger partial charge in [0, 0.05) is 47.6 Å². The second kappa shape index (κ2) is 20.0. The highest BCUT2D eigenvalue weighted by atomic mass is 16.8. The predicted octanol–water partition coefficient (Wildman–Crippen LogP) is 0.00780. The van der Waals surface area contributed by atoms with Crippen molar-refractivity contribution in [1.82, 2.24) is 0 Å². The zero-order chi connectivity index (χ0) is 41.9. The Morgan fingerprint density at radius 3 is 1.23 bits per heavy atom. The van der Waals surface area contributed by atoms with E-state index >= 15 is 0 Å². The first-order chi connectivity index (χ1) is 26.3. The molecule has 0 amide bonds. The number of carbonyl (C=O) groups excluding carboxylic acids is 9. The van der Waals surface area contributed by atoms with Crippen LogP contribution in [0, 0.1) is 0 Å². The summed E-state index contributed by atoms with van der Waals surface area (Å²) in [7, 11) is 2.03. The number of rotatable bonds is 13. The Morgan fingerprint density at radius 2 is 0.839 bits per heavy atom. The molecule has 0 aliphatic carbocycles. The standard InChI is InChI=1S/C35H40O21/c1-15(36)47-24-26(49-17(3)38)30(51-19(5)40)34(55-28(24)32(43)45-7)53-22-12-9-21(10-13-22)11-14-23(42)54-35-31(52-20(6)41)27(50-18(4)39)25(48-16(2)37)29(56-35)33(44)46-8/h9-14,24-31,34-35H,1-8H3/b14-11+/t24-,25-,26-,27-,28-,29-,30+,31+,34+,35+/m0/s1. The average Bonchev–Trinajstić information content (AvgIpc) is 3.10. The summed E-state index contributed by atoms with van der Waals surface area (Å²) in [4.78, 5) is 110. The van der Waals surface area contributed by atoms with Gasteiger partial charge in [-0.2, -0.15) is 0 Å². The first-order valence-electron chi connectivity index (χ1n) is 16.5. The van der Waals surface area contributed by atoms with Gasteiger partial charge in [0.1, 0.15) is 5.75 Å². The largest absolute Gasteiger partial charge is 0.467 e. The Balaban J connectivity index is 1.86. The van der Waals surface area contributed by atoms with Crippen molar-refractivity contribution in [3.8, 4) is 5.75 Å². The van der Waals surface area contributed by atoms with Gasteiger partial charge in [-0.25, -0.2) is 14.4 Å². The summed E-state index contributed by atoms with van der Waals surface area (Å²) in [6, 6.07) is 5.65. The second-order valence-corrected chi connectivity index (χ2v) is 11.8. The monoisotopic (exact) mass is 796 g/mol. The van der Waals surface area contributed by atoms with Crippen LogP contribution in [0.2, 0.25) is 0 Å². The SMILES string of the molecule is COC(=O)[C@H]1O[C@@H](OC(=O)/C=C/c2ccc(O[C@@H]3O[C@H](C(=O)OC)[C@@H](OC(C)=O)[C@H](OC(C)=O)[C@H]3OC(C)=O)cc2)[C@H](OC(C)=O)[C@@H](OC(C)=O)[C@@H]1OC(C)=O. The van der Waals surface area contributed by atoms with Crippen LogP contribution >= 0.6 is 0 Å². The van der Waals surface area contributed by atoms with Gasteiger partial charge in [-0.1, -0.05) is 12.1 Å². The first-order valence-corrected chi connectivity index (χ1v) is 16.5. The molecule has 2 heterocycles. The lowest BCUT2D eigenvalue weighted by Gasteiger charge is -2.43. The van der Waals surface area contributed by atoms with Crippen molar-refractivity contribution in [2.45, 2.75) is 103 Å². The predicted molar refractivity (Wildman–Crippen MR) is 177 cm³/mol. The molecular weight excluding hydrogens is 756 g/mol. The van der Waals surface area contributed by atoms with Gasteiger partial charge in [0.25, 0.3) is 0 Å². The molecule has 1 aromatic carbocycles. The van der Waals surface area contributed by atoms with Crippen LogP contribution in [-0.2, 0) is 95.3 Å². The van der Waals surface area contributed by atoms with Crippen molar-refractivity contribution in [3.63, 3.8) is 0 Å². The van der Waals surface area contributed by atoms with E-state index in [1.807, 2.05) is 0 Å². The minimum Gasteiger partial charge on any atom is -0.467 e. The van der Waals surface area contributed by atoms with Crippen LogP contribution in [-0.4, -0.2) is 129 Å². The Labute approximate surface area is 318 Å². The van der Waals surface area contributed by atoms with Crippen LogP contribution in [0.3, 0.4) is 0 Å². The number of ether oxygens (including phenoxy) is 12. The first kappa shape index (κ1) is 44.3. The molecule has 3 rings (SSSR count). The molecule has 21 heteroatoms. The van der Waals surface area contributed by atoms with Crippen molar-refractivity contribution in [2.24, 2.45) is 0 Å². The molecule has 2 aliphatic heterocycles. The zero-order valence-electron chi connectivity index (χ0n) is 31.3. The molecule has 56 heavy (non-hydrogen) atoms. The van der Waals surface area contributed by atoms with Crippen LogP contribution in [0.25, 0.3) is 6.08 Å². The molecule has 1 aromatic rings. The smallest absolute Gasteiger partial charge is 0.339 e. The Hall–Kier alpha value is -6.09. The molecule has 2 aliphatic rings. The maximum atomic E-state index is 13.0. The van der Waals surface area contributed by atoms with Crippen molar-refractivity contribution >= 4 is 59.8 Å². The molecule has 0 spiro atoms. The maximum Gasteiger partial charge on any atom is 0.339 e. The second-order valence-electron chi connectivity index (χ2n) is 11.8. The van der Waals surface area contributed by atoms with Crippen molar-refractivity contribution in [3.05, 3.63) is 35.9 Å². The van der Waals surface area contributed by atoms with E-state index in [4.69, 9.17) is 56.8 Å². The Bertz CT molecular complexity index is 1680. The Morgan fingerprint density at radius 1 is 0.482 bits per heavy atom. The van der Waals surface area contributed by atoms with E-state index in [1.54, 1.807) is 0 Å². The molecule has 2 fully saturated rings. The highest BCUT2D eigenvalue weighted by molar-refractivity contribution is 5.87. The molecule has 0 radical (unpaired) electrons. The van der Waals surface area contributed by atoms with Gasteiger partial charge in [0.05, 0.1) is 14.2 Å².